The number of nitrogens with one attached hydrogen (secondary N) is 2. The number of hydrogen-bond donors (Lipinski definition) is 2. The van der Waals surface area contributed by atoms with Gasteiger partial charge in [0.05, 0.1) is 12.8 Å². The molecule has 0 heterocycles. The van der Waals surface area contributed by atoms with Crippen LogP contribution in [0.5, 0.6) is 5.75 Å². The first-order valence-electron chi connectivity index (χ1n) is 7.04. The van der Waals surface area contributed by atoms with Crippen molar-refractivity contribution in [3.63, 3.8) is 0 Å². The zero-order chi connectivity index (χ0) is 16.1. The van der Waals surface area contributed by atoms with E-state index in [9.17, 15) is 0 Å². The van der Waals surface area contributed by atoms with Crippen LogP contribution in [0.2, 0.25) is 5.02 Å². The number of methoxy groups -OCH3 is 1. The molecule has 2 aromatic rings. The third kappa shape index (κ3) is 4.12. The summed E-state index contributed by atoms with van der Waals surface area (Å²) in [5.74, 6) is 0.654. The van der Waals surface area contributed by atoms with Gasteiger partial charge in [-0.05, 0) is 54.9 Å². The monoisotopic (exact) mass is 334 g/mol. The molecule has 0 aromatic heterocycles. The van der Waals surface area contributed by atoms with E-state index in [4.69, 9.17) is 28.6 Å². The molecule has 2 N–H and O–H groups in total. The molecule has 0 saturated heterocycles. The molecule has 0 spiro atoms. The van der Waals surface area contributed by atoms with E-state index in [1.165, 1.54) is 5.56 Å². The van der Waals surface area contributed by atoms with Crippen molar-refractivity contribution in [1.29, 1.82) is 0 Å². The molecular weight excluding hydrogens is 316 g/mol. The lowest BCUT2D eigenvalue weighted by molar-refractivity contribution is 0.417. The Morgan fingerprint density at radius 2 is 1.86 bits per heavy atom. The molecule has 0 unspecified atom stereocenters. The van der Waals surface area contributed by atoms with Gasteiger partial charge in [0.2, 0.25) is 0 Å². The Bertz CT molecular complexity index is 671. The molecule has 2 rings (SSSR count). The molecule has 0 fully saturated rings. The topological polar surface area (TPSA) is 33.3 Å². The molecule has 116 valence electrons. The fraction of sp³-hybridized carbons (Fsp3) is 0.235. The number of hydrogen-bond acceptors (Lipinski definition) is 2. The number of benzene rings is 2. The van der Waals surface area contributed by atoms with E-state index in [2.05, 4.69) is 29.7 Å². The smallest absolute Gasteiger partial charge is 0.175 e. The second-order valence-electron chi connectivity index (χ2n) is 4.93. The van der Waals surface area contributed by atoms with Gasteiger partial charge >= 0.3 is 0 Å². The van der Waals surface area contributed by atoms with Gasteiger partial charge in [-0.15, -0.1) is 0 Å². The van der Waals surface area contributed by atoms with Crippen LogP contribution in [-0.2, 0) is 6.42 Å². The first-order chi connectivity index (χ1) is 10.5. The largest absolute Gasteiger partial charge is 0.495 e. The zero-order valence-electron chi connectivity index (χ0n) is 12.9. The minimum Gasteiger partial charge on any atom is -0.495 e. The van der Waals surface area contributed by atoms with Gasteiger partial charge in [0.1, 0.15) is 5.75 Å². The number of halogens is 1. The average molecular weight is 335 g/mol. The predicted octanol–water partition coefficient (Wildman–Crippen LogP) is 5.03. The molecule has 0 aliphatic heterocycles. The maximum absolute atomic E-state index is 6.10. The van der Waals surface area contributed by atoms with Crippen LogP contribution in [0, 0.1) is 6.92 Å². The summed E-state index contributed by atoms with van der Waals surface area (Å²) in [4.78, 5) is 0. The fourth-order valence-electron chi connectivity index (χ4n) is 2.04. The third-order valence-electron chi connectivity index (χ3n) is 3.35. The summed E-state index contributed by atoms with van der Waals surface area (Å²) < 4.78 is 5.33. The maximum Gasteiger partial charge on any atom is 0.175 e. The van der Waals surface area contributed by atoms with Crippen LogP contribution in [0.25, 0.3) is 0 Å². The summed E-state index contributed by atoms with van der Waals surface area (Å²) in [7, 11) is 1.60. The lowest BCUT2D eigenvalue weighted by atomic mass is 10.1. The molecule has 0 saturated carbocycles. The van der Waals surface area contributed by atoms with Crippen LogP contribution < -0.4 is 15.4 Å². The van der Waals surface area contributed by atoms with Crippen LogP contribution in [0.1, 0.15) is 18.1 Å². The predicted molar refractivity (Wildman–Crippen MR) is 98.4 cm³/mol. The van der Waals surface area contributed by atoms with E-state index in [-0.39, 0.29) is 0 Å². The Morgan fingerprint density at radius 3 is 2.45 bits per heavy atom. The molecule has 0 aliphatic rings. The number of thiocarbonyl (C=S) groups is 1. The molecule has 0 amide bonds. The van der Waals surface area contributed by atoms with Crippen molar-refractivity contribution < 1.29 is 4.74 Å². The lowest BCUT2D eigenvalue weighted by Crippen LogP contribution is -2.19. The van der Waals surface area contributed by atoms with Crippen LogP contribution in [0.3, 0.4) is 0 Å². The molecule has 5 heteroatoms. The highest BCUT2D eigenvalue weighted by molar-refractivity contribution is 7.80. The molecule has 22 heavy (non-hydrogen) atoms. The van der Waals surface area contributed by atoms with E-state index in [0.29, 0.717) is 15.9 Å². The van der Waals surface area contributed by atoms with Gasteiger partial charge in [0, 0.05) is 16.8 Å². The van der Waals surface area contributed by atoms with Crippen molar-refractivity contribution in [2.24, 2.45) is 0 Å². The molecule has 0 aliphatic carbocycles. The summed E-state index contributed by atoms with van der Waals surface area (Å²) in [6.07, 6.45) is 1.02. The molecule has 2 aromatic carbocycles. The van der Waals surface area contributed by atoms with Gasteiger partial charge in [0.15, 0.2) is 5.11 Å². The highest BCUT2D eigenvalue weighted by Gasteiger charge is 2.08. The minimum absolute atomic E-state index is 0.504. The molecule has 0 atom stereocenters. The van der Waals surface area contributed by atoms with Gasteiger partial charge in [-0.1, -0.05) is 30.7 Å². The van der Waals surface area contributed by atoms with Gasteiger partial charge in [-0.3, -0.25) is 0 Å². The van der Waals surface area contributed by atoms with E-state index in [0.717, 1.165) is 23.4 Å². The quantitative estimate of drug-likeness (QED) is 0.768. The lowest BCUT2D eigenvalue weighted by Gasteiger charge is -2.15. The van der Waals surface area contributed by atoms with E-state index in [1.54, 1.807) is 13.2 Å². The van der Waals surface area contributed by atoms with Crippen LogP contribution in [0.4, 0.5) is 11.4 Å². The van der Waals surface area contributed by atoms with Crippen molar-refractivity contribution in [3.8, 4) is 5.75 Å². The van der Waals surface area contributed by atoms with Crippen molar-refractivity contribution in [2.75, 3.05) is 17.7 Å². The van der Waals surface area contributed by atoms with E-state index >= 15 is 0 Å². The highest BCUT2D eigenvalue weighted by Crippen LogP contribution is 2.31. The highest BCUT2D eigenvalue weighted by atomic mass is 35.5. The van der Waals surface area contributed by atoms with Gasteiger partial charge in [-0.2, -0.15) is 0 Å². The Morgan fingerprint density at radius 1 is 1.18 bits per heavy atom. The summed E-state index contributed by atoms with van der Waals surface area (Å²) >= 11 is 11.5. The number of aryl methyl sites for hydroxylation is 2. The Labute approximate surface area is 141 Å². The van der Waals surface area contributed by atoms with Crippen molar-refractivity contribution in [1.82, 2.24) is 0 Å². The average Bonchev–Trinajstić information content (AvgIpc) is 2.51. The molecule has 0 radical (unpaired) electrons. The van der Waals surface area contributed by atoms with Crippen molar-refractivity contribution >= 4 is 40.3 Å². The minimum atomic E-state index is 0.504. The third-order valence-corrected chi connectivity index (χ3v) is 3.96. The number of anilines is 2. The van der Waals surface area contributed by atoms with Gasteiger partial charge in [-0.25, -0.2) is 0 Å². The summed E-state index contributed by atoms with van der Waals surface area (Å²) in [5, 5.41) is 7.47. The fourth-order valence-corrected chi connectivity index (χ4v) is 2.42. The second-order valence-corrected chi connectivity index (χ2v) is 5.75. The molecular formula is C17H19ClN2OS. The summed E-state index contributed by atoms with van der Waals surface area (Å²) in [6, 6.07) is 11.9. The van der Waals surface area contributed by atoms with Crippen LogP contribution in [0.15, 0.2) is 36.4 Å². The standard InChI is InChI=1S/C17H19ClN2OS/c1-4-12-5-7-13(8-6-12)19-17(22)20-15-9-11(2)14(18)10-16(15)21-3/h5-10H,4H2,1-3H3,(H2,19,20,22). The summed E-state index contributed by atoms with van der Waals surface area (Å²) in [5.41, 5.74) is 3.98. The normalized spacial score (nSPS) is 10.2. The van der Waals surface area contributed by atoms with E-state index in [1.807, 2.05) is 25.1 Å². The Balaban J connectivity index is 2.09. The van der Waals surface area contributed by atoms with Crippen molar-refractivity contribution in [2.45, 2.75) is 20.3 Å². The first kappa shape index (κ1) is 16.6. The zero-order valence-corrected chi connectivity index (χ0v) is 14.4. The maximum atomic E-state index is 6.10. The van der Waals surface area contributed by atoms with Gasteiger partial charge < -0.3 is 15.4 Å². The van der Waals surface area contributed by atoms with Crippen LogP contribution >= 0.6 is 23.8 Å². The summed E-state index contributed by atoms with van der Waals surface area (Å²) in [6.45, 7) is 4.07. The van der Waals surface area contributed by atoms with Crippen LogP contribution in [-0.4, -0.2) is 12.2 Å². The van der Waals surface area contributed by atoms with Crippen molar-refractivity contribution in [3.05, 3.63) is 52.5 Å². The molecule has 0 bridgehead atoms. The molecule has 3 nitrogen and oxygen atoms in total. The number of ether oxygens (including phenoxy) is 1. The van der Waals surface area contributed by atoms with Gasteiger partial charge in [0.25, 0.3) is 0 Å². The SMILES string of the molecule is CCc1ccc(NC(=S)Nc2cc(C)c(Cl)cc2OC)cc1. The Kier molecular flexibility index (Phi) is 5.63. The first-order valence-corrected chi connectivity index (χ1v) is 7.83. The Hall–Kier alpha value is -1.78. The second kappa shape index (κ2) is 7.47. The number of rotatable bonds is 4. The van der Waals surface area contributed by atoms with E-state index < -0.39 is 0 Å².